The molecule has 0 radical (unpaired) electrons. The monoisotopic (exact) mass is 2120 g/mol. The molecule has 0 fully saturated rings. The number of rotatable bonds is 130. The van der Waals surface area contributed by atoms with E-state index >= 15 is 0 Å². The second kappa shape index (κ2) is 155. The Balaban J connectivity index is -0.000000591. The van der Waals surface area contributed by atoms with Crippen LogP contribution in [0.3, 0.4) is 0 Å². The molecule has 150 heavy (non-hydrogen) atoms. The molecule has 0 atom stereocenters. The van der Waals surface area contributed by atoms with E-state index in [9.17, 15) is 0 Å². The van der Waals surface area contributed by atoms with Gasteiger partial charge in [-0.15, -0.1) is 0 Å². The van der Waals surface area contributed by atoms with E-state index in [1.807, 2.05) is 0 Å². The Morgan fingerprint density at radius 1 is 0.0600 bits per heavy atom. The average Bonchev–Trinajstić information content (AvgIpc) is 1.05. The quantitative estimate of drug-likeness (QED) is 0.0563. The maximum absolute atomic E-state index is 2.59. The molecule has 5 heteroatoms. The van der Waals surface area contributed by atoms with Gasteiger partial charge in [-0.3, -0.25) is 0 Å². The minimum atomic E-state index is 1.31. The highest BCUT2D eigenvalue weighted by Gasteiger charge is 2.09. The van der Waals surface area contributed by atoms with Gasteiger partial charge >= 0.3 is 0 Å². The molecule has 5 nitrogen and oxygen atoms in total. The minimum Gasteiger partial charge on any atom is -0.306 e. The maximum Gasteiger partial charge on any atom is -0.00218 e. The summed E-state index contributed by atoms with van der Waals surface area (Å²) in [4.78, 5) is 12.9. The van der Waals surface area contributed by atoms with E-state index in [1.165, 1.54) is 836 Å². The molecule has 0 unspecified atom stereocenters. The second-order valence-electron chi connectivity index (χ2n) is 50.4. The molecule has 0 aromatic heterocycles. The molecule has 0 N–H and O–H groups in total. The van der Waals surface area contributed by atoms with Crippen molar-refractivity contribution in [3.63, 3.8) is 0 Å². The summed E-state index contributed by atoms with van der Waals surface area (Å²) in [5.41, 5.74) is 0. The van der Waals surface area contributed by atoms with Gasteiger partial charge in [-0.05, 0) is 165 Å². The molecule has 910 valence electrons. The third kappa shape index (κ3) is 163. The first-order chi connectivity index (χ1) is 74.0. The molecule has 0 saturated carbocycles. The van der Waals surface area contributed by atoms with Crippen LogP contribution in [0, 0.1) is 0 Å². The lowest BCUT2D eigenvalue weighted by atomic mass is 10.0. The SMILES string of the molecule is CCCCCCCCCCCCCCCCCCN(C)CCCCCCCCCCCCCCCCCC.CCCCCCCCCCCCCCCCN(C)CCCCCCCCCCCCCCCC.CCCCCCCCCCCCCCN(C)CCCCCCCCCCCCCC.CCCCCCCCCCCCN(C)CCCCCCCCCCCC.CCCCCCCCCCN(C)CCCCCCCCCC. The van der Waals surface area contributed by atoms with Crippen LogP contribution in [0.4, 0.5) is 0 Å². The molecule has 0 aromatic rings. The number of hydrogen-bond donors (Lipinski definition) is 0. The van der Waals surface area contributed by atoms with Crippen LogP contribution in [-0.4, -0.2) is 125 Å². The van der Waals surface area contributed by atoms with Gasteiger partial charge in [-0.2, -0.15) is 0 Å². The molecule has 0 aliphatic rings. The van der Waals surface area contributed by atoms with Gasteiger partial charge in [0.15, 0.2) is 0 Å². The standard InChI is InChI=1S/C37H77N.C33H69N.C29H61N.C25H53N.C21H45N/c1-4-6-8-10-12-14-16-18-20-22-24-26-28-30-32-34-36-38(3)37-35-33-31-29-27-25-23-21-19-17-15-13-11-9-7-5-2;1-4-6-8-10-12-14-16-18-20-22-24-26-28-30-32-34(3)33-31-29-27-25-23-21-19-17-15-13-11-9-7-5-2;1-4-6-8-10-12-14-16-18-20-22-24-26-28-30(3)29-27-25-23-21-19-17-15-13-11-9-7-5-2;1-4-6-8-10-12-14-16-18-20-22-24-26(3)25-23-21-19-17-15-13-11-9-7-5-2;1-4-6-8-10-12-14-16-18-20-22(3)21-19-17-15-13-11-9-7-5-2/h4-37H2,1-3H3;4-33H2,1-3H3;4-29H2,1-3H3;4-25H2,1-3H3;4-21H2,1-3H3. The van der Waals surface area contributed by atoms with E-state index in [1.54, 1.807) is 0 Å². The molecule has 0 aliphatic carbocycles. The Morgan fingerprint density at radius 3 is 0.147 bits per heavy atom. The zero-order chi connectivity index (χ0) is 110. The molecule has 0 bridgehead atoms. The van der Waals surface area contributed by atoms with Crippen LogP contribution >= 0.6 is 0 Å². The Morgan fingerprint density at radius 2 is 0.100 bits per heavy atom. The summed E-state index contributed by atoms with van der Waals surface area (Å²) in [6.45, 7) is 36.2. The van der Waals surface area contributed by atoms with Crippen LogP contribution in [0.5, 0.6) is 0 Å². The molecule has 0 saturated heterocycles. The van der Waals surface area contributed by atoms with Crippen LogP contribution in [0.2, 0.25) is 0 Å². The van der Waals surface area contributed by atoms with Crippen molar-refractivity contribution in [1.29, 1.82) is 0 Å². The van der Waals surface area contributed by atoms with Crippen molar-refractivity contribution in [2.24, 2.45) is 0 Å². The Bertz CT molecular complexity index is 1970. The number of hydrogen-bond acceptors (Lipinski definition) is 5. The lowest BCUT2D eigenvalue weighted by Crippen LogP contribution is -2.20. The minimum absolute atomic E-state index is 1.31. The number of nitrogens with zero attached hydrogens (tertiary/aromatic N) is 5. The van der Waals surface area contributed by atoms with Crippen molar-refractivity contribution in [2.45, 2.75) is 840 Å². The number of unbranched alkanes of at least 4 members (excludes halogenated alkanes) is 110. The summed E-state index contributed by atoms with van der Waals surface area (Å²) in [5.74, 6) is 0. The normalized spacial score (nSPS) is 11.6. The Labute approximate surface area is 958 Å². The topological polar surface area (TPSA) is 16.2 Å². The van der Waals surface area contributed by atoms with Crippen molar-refractivity contribution < 1.29 is 0 Å². The maximum atomic E-state index is 2.59. The lowest BCUT2D eigenvalue weighted by molar-refractivity contribution is 0.314. The van der Waals surface area contributed by atoms with E-state index in [4.69, 9.17) is 0 Å². The van der Waals surface area contributed by atoms with Gasteiger partial charge in [0, 0.05) is 0 Å². The highest BCUT2D eigenvalue weighted by Crippen LogP contribution is 2.24. The van der Waals surface area contributed by atoms with E-state index < -0.39 is 0 Å². The van der Waals surface area contributed by atoms with Crippen molar-refractivity contribution in [2.75, 3.05) is 101 Å². The van der Waals surface area contributed by atoms with Gasteiger partial charge in [-0.25, -0.2) is 0 Å². The second-order valence-corrected chi connectivity index (χ2v) is 50.4. The Hall–Kier alpha value is -0.200. The zero-order valence-corrected chi connectivity index (χ0v) is 109. The van der Waals surface area contributed by atoms with Gasteiger partial charge in [0.2, 0.25) is 0 Å². The van der Waals surface area contributed by atoms with Crippen molar-refractivity contribution in [3.05, 3.63) is 0 Å². The molecule has 0 aromatic carbocycles. The summed E-state index contributed by atoms with van der Waals surface area (Å²) < 4.78 is 0. The van der Waals surface area contributed by atoms with Gasteiger partial charge in [0.05, 0.1) is 0 Å². The van der Waals surface area contributed by atoms with E-state index in [0.29, 0.717) is 0 Å². The van der Waals surface area contributed by atoms with Crippen LogP contribution in [0.1, 0.15) is 840 Å². The molecular weight excluding hydrogens is 1810 g/mol. The van der Waals surface area contributed by atoms with Crippen LogP contribution < -0.4 is 0 Å². The molecule has 0 rings (SSSR count). The molecule has 0 heterocycles. The van der Waals surface area contributed by atoms with E-state index in [0.717, 1.165) is 0 Å². The van der Waals surface area contributed by atoms with E-state index in [-0.39, 0.29) is 0 Å². The molecule has 0 amide bonds. The third-order valence-electron chi connectivity index (χ3n) is 33.9. The van der Waals surface area contributed by atoms with Gasteiger partial charge in [0.25, 0.3) is 0 Å². The van der Waals surface area contributed by atoms with Crippen LogP contribution in [0.15, 0.2) is 0 Å². The molecular formula is C145H305N5. The predicted molar refractivity (Wildman–Crippen MR) is 698 cm³/mol. The lowest BCUT2D eigenvalue weighted by Gasteiger charge is -2.16. The summed E-state index contributed by atoms with van der Waals surface area (Å²) >= 11 is 0. The first kappa shape index (κ1) is 158. The summed E-state index contributed by atoms with van der Waals surface area (Å²) in [6, 6.07) is 0. The van der Waals surface area contributed by atoms with Gasteiger partial charge in [0.1, 0.15) is 0 Å². The average molecular weight is 2120 g/mol. The smallest absolute Gasteiger partial charge is 0.00218 e. The van der Waals surface area contributed by atoms with Crippen molar-refractivity contribution in [1.82, 2.24) is 24.5 Å². The predicted octanol–water partition coefficient (Wildman–Crippen LogP) is 51.6. The molecule has 0 spiro atoms. The summed E-state index contributed by atoms with van der Waals surface area (Å²) in [6.07, 6.45) is 174. The summed E-state index contributed by atoms with van der Waals surface area (Å²) in [7, 11) is 11.6. The first-order valence-electron chi connectivity index (χ1n) is 72.5. The molecule has 0 aliphatic heterocycles. The van der Waals surface area contributed by atoms with Crippen LogP contribution in [0.25, 0.3) is 0 Å². The zero-order valence-electron chi connectivity index (χ0n) is 109. The fraction of sp³-hybridized carbons (Fsp3) is 1.00. The van der Waals surface area contributed by atoms with Gasteiger partial charge in [-0.1, -0.05) is 776 Å². The highest BCUT2D eigenvalue weighted by atomic mass is 15.1. The van der Waals surface area contributed by atoms with Crippen molar-refractivity contribution in [3.8, 4) is 0 Å². The van der Waals surface area contributed by atoms with E-state index in [2.05, 4.69) is 129 Å². The first-order valence-corrected chi connectivity index (χ1v) is 72.5. The Kier molecular flexibility index (Phi) is 163. The largest absolute Gasteiger partial charge is 0.306 e. The van der Waals surface area contributed by atoms with Crippen molar-refractivity contribution >= 4 is 0 Å². The fourth-order valence-electron chi connectivity index (χ4n) is 22.8. The highest BCUT2D eigenvalue weighted by molar-refractivity contribution is 4.65. The van der Waals surface area contributed by atoms with Gasteiger partial charge < -0.3 is 24.5 Å². The fourth-order valence-corrected chi connectivity index (χ4v) is 22.8. The third-order valence-corrected chi connectivity index (χ3v) is 33.9. The summed E-state index contributed by atoms with van der Waals surface area (Å²) in [5, 5.41) is 0. The van der Waals surface area contributed by atoms with Crippen LogP contribution in [-0.2, 0) is 0 Å².